The van der Waals surface area contributed by atoms with Crippen LogP contribution in [0, 0.1) is 0 Å². The van der Waals surface area contributed by atoms with Gasteiger partial charge in [-0.25, -0.2) is 10.5 Å². The number of rotatable bonds is 5. The van der Waals surface area contributed by atoms with Crippen molar-refractivity contribution in [1.29, 1.82) is 0 Å². The average molecular weight is 464 g/mol. The van der Waals surface area contributed by atoms with Gasteiger partial charge in [0.05, 0.1) is 5.41 Å². The maximum Gasteiger partial charge on any atom is 0.266 e. The van der Waals surface area contributed by atoms with E-state index in [4.69, 9.17) is 33.1 Å². The zero-order valence-corrected chi connectivity index (χ0v) is 18.5. The van der Waals surface area contributed by atoms with E-state index in [1.165, 1.54) is 0 Å². The molecule has 4 rings (SSSR count). The Hall–Kier alpha value is -2.35. The van der Waals surface area contributed by atoms with Crippen molar-refractivity contribution in [2.45, 2.75) is 56.7 Å². The van der Waals surface area contributed by atoms with E-state index in [1.807, 2.05) is 31.2 Å². The summed E-state index contributed by atoms with van der Waals surface area (Å²) in [6.07, 6.45) is 2.89. The molecule has 0 saturated carbocycles. The predicted molar refractivity (Wildman–Crippen MR) is 115 cm³/mol. The first-order valence-corrected chi connectivity index (χ1v) is 10.9. The number of halogens is 2. The number of carbonyl (C=O) groups is 2. The van der Waals surface area contributed by atoms with Crippen molar-refractivity contribution in [3.05, 3.63) is 57.8 Å². The zero-order valence-electron chi connectivity index (χ0n) is 17.0. The highest BCUT2D eigenvalue weighted by atomic mass is 35.5. The summed E-state index contributed by atoms with van der Waals surface area (Å²) in [6, 6.07) is 10.2. The average Bonchev–Trinajstić information content (AvgIpc) is 3.02. The molecule has 164 valence electrons. The highest BCUT2D eigenvalue weighted by Gasteiger charge is 2.53. The molecule has 3 heterocycles. The molecule has 0 aliphatic carbocycles. The number of fused-ring (bicyclic) bond motifs is 1. The first-order chi connectivity index (χ1) is 14.8. The molecule has 2 N–H and O–H groups in total. The van der Waals surface area contributed by atoms with Gasteiger partial charge >= 0.3 is 0 Å². The Morgan fingerprint density at radius 3 is 2.58 bits per heavy atom. The number of ether oxygens (including phenoxy) is 1. The van der Waals surface area contributed by atoms with Gasteiger partial charge in [0.15, 0.2) is 0 Å². The Balaban J connectivity index is 1.49. The van der Waals surface area contributed by atoms with Crippen molar-refractivity contribution >= 4 is 35.0 Å². The summed E-state index contributed by atoms with van der Waals surface area (Å²) >= 11 is 11.8. The lowest BCUT2D eigenvalue weighted by Crippen LogP contribution is -2.53. The van der Waals surface area contributed by atoms with Crippen LogP contribution in [-0.4, -0.2) is 39.0 Å². The van der Waals surface area contributed by atoms with E-state index >= 15 is 0 Å². The van der Waals surface area contributed by atoms with E-state index < -0.39 is 17.4 Å². The largest absolute Gasteiger partial charge is 0.489 e. The molecule has 2 aromatic rings. The lowest BCUT2D eigenvalue weighted by molar-refractivity contribution is -0.147. The fraction of sp³-hybridized carbons (Fsp3) is 0.409. The van der Waals surface area contributed by atoms with Crippen molar-refractivity contribution in [1.82, 2.24) is 15.4 Å². The van der Waals surface area contributed by atoms with Crippen LogP contribution in [0.15, 0.2) is 36.4 Å². The molecule has 3 atom stereocenters. The molecule has 1 aromatic carbocycles. The Labute approximate surface area is 190 Å². The minimum atomic E-state index is -0.728. The number of hydrogen-bond donors (Lipinski definition) is 2. The molecular formula is C22H23Cl2N3O4. The van der Waals surface area contributed by atoms with Gasteiger partial charge in [-0.2, -0.15) is 0 Å². The van der Waals surface area contributed by atoms with Gasteiger partial charge in [-0.3, -0.25) is 14.8 Å². The first kappa shape index (κ1) is 21.9. The maximum atomic E-state index is 13.4. The lowest BCUT2D eigenvalue weighted by atomic mass is 9.79. The maximum absolute atomic E-state index is 13.4. The monoisotopic (exact) mass is 463 g/mol. The summed E-state index contributed by atoms with van der Waals surface area (Å²) in [7, 11) is 0. The second-order valence-electron chi connectivity index (χ2n) is 8.26. The number of nitrogens with one attached hydrogen (secondary N) is 1. The van der Waals surface area contributed by atoms with Crippen LogP contribution >= 0.6 is 23.2 Å². The number of pyridine rings is 1. The lowest BCUT2D eigenvalue weighted by Gasteiger charge is -2.36. The molecule has 0 bridgehead atoms. The number of aromatic nitrogens is 1. The highest BCUT2D eigenvalue weighted by Crippen LogP contribution is 2.44. The van der Waals surface area contributed by atoms with Crippen molar-refractivity contribution < 1.29 is 19.5 Å². The molecule has 7 nitrogen and oxygen atoms in total. The number of hydroxylamine groups is 1. The van der Waals surface area contributed by atoms with Gasteiger partial charge in [0.2, 0.25) is 5.91 Å². The van der Waals surface area contributed by atoms with Gasteiger partial charge in [0.25, 0.3) is 5.91 Å². The van der Waals surface area contributed by atoms with E-state index in [0.717, 1.165) is 24.0 Å². The van der Waals surface area contributed by atoms with E-state index in [1.54, 1.807) is 22.5 Å². The molecule has 2 aliphatic rings. The number of hydrogen-bond acceptors (Lipinski definition) is 5. The van der Waals surface area contributed by atoms with Gasteiger partial charge in [-0.15, -0.1) is 0 Å². The molecule has 0 unspecified atom stereocenters. The van der Waals surface area contributed by atoms with Crippen LogP contribution in [0.5, 0.6) is 5.75 Å². The Morgan fingerprint density at radius 2 is 1.94 bits per heavy atom. The molecule has 2 fully saturated rings. The van der Waals surface area contributed by atoms with Crippen LogP contribution in [-0.2, 0) is 21.6 Å². The normalized spacial score (nSPS) is 25.3. The van der Waals surface area contributed by atoms with Crippen LogP contribution in [0.1, 0.15) is 43.7 Å². The minimum absolute atomic E-state index is 0.00864. The van der Waals surface area contributed by atoms with E-state index in [0.29, 0.717) is 28.9 Å². The molecule has 31 heavy (non-hydrogen) atoms. The molecule has 2 amide bonds. The molecule has 0 radical (unpaired) electrons. The highest BCUT2D eigenvalue weighted by molar-refractivity contribution is 6.32. The smallest absolute Gasteiger partial charge is 0.266 e. The van der Waals surface area contributed by atoms with Gasteiger partial charge in [0.1, 0.15) is 28.7 Å². The van der Waals surface area contributed by atoms with Crippen LogP contribution in [0.4, 0.5) is 0 Å². The third-order valence-corrected chi connectivity index (χ3v) is 6.61. The van der Waals surface area contributed by atoms with Crippen molar-refractivity contribution in [2.24, 2.45) is 0 Å². The molecular weight excluding hydrogens is 441 g/mol. The quantitative estimate of drug-likeness (QED) is 0.398. The van der Waals surface area contributed by atoms with E-state index in [-0.39, 0.29) is 18.6 Å². The second kappa shape index (κ2) is 8.65. The van der Waals surface area contributed by atoms with Crippen molar-refractivity contribution in [3.8, 4) is 5.75 Å². The van der Waals surface area contributed by atoms with Crippen LogP contribution in [0.3, 0.4) is 0 Å². The van der Waals surface area contributed by atoms with E-state index in [9.17, 15) is 9.59 Å². The summed E-state index contributed by atoms with van der Waals surface area (Å²) < 4.78 is 5.82. The minimum Gasteiger partial charge on any atom is -0.489 e. The SMILES string of the molecule is C[C@@]1(c2ccc(OCc3cc(Cl)nc(Cl)c3)cc2)C[C@H]2CCC[C@H](C(=O)NO)N2C1=O. The molecule has 9 heteroatoms. The van der Waals surface area contributed by atoms with Crippen LogP contribution in [0.25, 0.3) is 0 Å². The second-order valence-corrected chi connectivity index (χ2v) is 9.03. The van der Waals surface area contributed by atoms with Gasteiger partial charge < -0.3 is 9.64 Å². The number of piperidine rings is 1. The molecule has 1 aromatic heterocycles. The number of nitrogens with zero attached hydrogens (tertiary/aromatic N) is 2. The third-order valence-electron chi connectivity index (χ3n) is 6.23. The Kier molecular flexibility index (Phi) is 6.10. The van der Waals surface area contributed by atoms with Gasteiger partial charge in [-0.1, -0.05) is 35.3 Å². The van der Waals surface area contributed by atoms with Gasteiger partial charge in [-0.05, 0) is 68.0 Å². The Bertz CT molecular complexity index is 981. The predicted octanol–water partition coefficient (Wildman–Crippen LogP) is 3.88. The first-order valence-electron chi connectivity index (χ1n) is 10.1. The Morgan fingerprint density at radius 1 is 1.26 bits per heavy atom. The fourth-order valence-corrected chi connectivity index (χ4v) is 5.19. The summed E-state index contributed by atoms with van der Waals surface area (Å²) in [4.78, 5) is 31.0. The van der Waals surface area contributed by atoms with Crippen molar-refractivity contribution in [2.75, 3.05) is 0 Å². The molecule has 0 spiro atoms. The summed E-state index contributed by atoms with van der Waals surface area (Å²) in [5, 5.41) is 9.67. The fourth-order valence-electron chi connectivity index (χ4n) is 4.69. The van der Waals surface area contributed by atoms with Crippen LogP contribution < -0.4 is 10.2 Å². The van der Waals surface area contributed by atoms with Crippen molar-refractivity contribution in [3.63, 3.8) is 0 Å². The number of benzene rings is 1. The molecule has 2 aliphatic heterocycles. The number of amides is 2. The standard InChI is InChI=1S/C22H23Cl2N3O4/c1-22(11-15-3-2-4-17(20(28)26-30)27(15)21(22)29)14-5-7-16(8-6-14)31-12-13-9-18(23)25-19(24)10-13/h5-10,15,17,30H,2-4,11-12H2,1H3,(H,26,28)/t15-,17-,22+/m1/s1. The van der Waals surface area contributed by atoms with Gasteiger partial charge in [0, 0.05) is 6.04 Å². The molecule has 2 saturated heterocycles. The van der Waals surface area contributed by atoms with E-state index in [2.05, 4.69) is 4.98 Å². The van der Waals surface area contributed by atoms with Crippen LogP contribution in [0.2, 0.25) is 10.3 Å². The topological polar surface area (TPSA) is 91.8 Å². The third kappa shape index (κ3) is 4.22. The summed E-state index contributed by atoms with van der Waals surface area (Å²) in [6.45, 7) is 2.20. The summed E-state index contributed by atoms with van der Waals surface area (Å²) in [5.74, 6) is 0.0417. The zero-order chi connectivity index (χ0) is 22.2. The summed E-state index contributed by atoms with van der Waals surface area (Å²) in [5.41, 5.74) is 2.65. The number of carbonyl (C=O) groups excluding carboxylic acids is 2.